The standard InChI is InChI=1S/C6H4BrClF2OS/c7-4-2-12-1-3(4)5(11)6(8,9)10/h1-2,5,11H. The molecule has 1 N–H and O–H groups in total. The number of halogens is 4. The molecule has 0 saturated carbocycles. The fraction of sp³-hybridized carbons (Fsp3) is 0.333. The Morgan fingerprint density at radius 1 is 1.58 bits per heavy atom. The first kappa shape index (κ1) is 10.4. The first-order chi connectivity index (χ1) is 5.43. The summed E-state index contributed by atoms with van der Waals surface area (Å²) in [5, 5.41) is 8.42. The van der Waals surface area contributed by atoms with Crippen molar-refractivity contribution >= 4 is 38.9 Å². The first-order valence-corrected chi connectivity index (χ1v) is 5.00. The van der Waals surface area contributed by atoms with Crippen molar-refractivity contribution in [2.24, 2.45) is 0 Å². The zero-order valence-corrected chi connectivity index (χ0v) is 8.76. The number of hydrogen-bond donors (Lipinski definition) is 1. The van der Waals surface area contributed by atoms with Crippen molar-refractivity contribution in [1.29, 1.82) is 0 Å². The van der Waals surface area contributed by atoms with E-state index in [0.717, 1.165) is 0 Å². The normalized spacial score (nSPS) is 14.8. The zero-order valence-electron chi connectivity index (χ0n) is 5.60. The number of aliphatic hydroxyl groups excluding tert-OH is 1. The summed E-state index contributed by atoms with van der Waals surface area (Å²) in [5.74, 6) is 0. The lowest BCUT2D eigenvalue weighted by Crippen LogP contribution is -2.18. The molecule has 12 heavy (non-hydrogen) atoms. The fourth-order valence-electron chi connectivity index (χ4n) is 0.663. The Balaban J connectivity index is 2.92. The molecule has 1 rings (SSSR count). The molecule has 0 bridgehead atoms. The average molecular weight is 278 g/mol. The number of thiophene rings is 1. The molecule has 68 valence electrons. The van der Waals surface area contributed by atoms with Crippen LogP contribution in [0, 0.1) is 0 Å². The Kier molecular flexibility index (Phi) is 3.09. The second-order valence-electron chi connectivity index (χ2n) is 2.12. The minimum atomic E-state index is -3.62. The number of alkyl halides is 3. The van der Waals surface area contributed by atoms with Crippen LogP contribution in [0.4, 0.5) is 8.78 Å². The highest BCUT2D eigenvalue weighted by Gasteiger charge is 2.38. The van der Waals surface area contributed by atoms with Crippen LogP contribution in [0.5, 0.6) is 0 Å². The minimum Gasteiger partial charge on any atom is -0.381 e. The van der Waals surface area contributed by atoms with Gasteiger partial charge in [-0.2, -0.15) is 20.1 Å². The summed E-state index contributed by atoms with van der Waals surface area (Å²) in [6, 6.07) is 0. The molecule has 0 aliphatic rings. The number of rotatable bonds is 2. The Morgan fingerprint density at radius 2 is 2.17 bits per heavy atom. The Labute approximate surface area is 85.1 Å². The lowest BCUT2D eigenvalue weighted by atomic mass is 10.2. The highest BCUT2D eigenvalue weighted by atomic mass is 79.9. The van der Waals surface area contributed by atoms with Crippen molar-refractivity contribution in [3.8, 4) is 0 Å². The van der Waals surface area contributed by atoms with Crippen LogP contribution in [-0.4, -0.2) is 10.5 Å². The molecule has 1 heterocycles. The lowest BCUT2D eigenvalue weighted by Gasteiger charge is -2.14. The van der Waals surface area contributed by atoms with Gasteiger partial charge in [0, 0.05) is 15.4 Å². The molecule has 1 aromatic heterocycles. The van der Waals surface area contributed by atoms with E-state index in [1.54, 1.807) is 5.38 Å². The summed E-state index contributed by atoms with van der Waals surface area (Å²) in [6.45, 7) is 0. The maximum atomic E-state index is 12.4. The van der Waals surface area contributed by atoms with E-state index in [1.807, 2.05) is 0 Å². The largest absolute Gasteiger partial charge is 0.381 e. The van der Waals surface area contributed by atoms with Gasteiger partial charge in [0.2, 0.25) is 0 Å². The fourth-order valence-corrected chi connectivity index (χ4v) is 2.31. The van der Waals surface area contributed by atoms with Gasteiger partial charge < -0.3 is 5.11 Å². The van der Waals surface area contributed by atoms with Crippen LogP contribution < -0.4 is 0 Å². The van der Waals surface area contributed by atoms with Crippen molar-refractivity contribution < 1.29 is 13.9 Å². The molecule has 0 amide bonds. The average Bonchev–Trinajstić information content (AvgIpc) is 2.31. The highest BCUT2D eigenvalue weighted by Crippen LogP contribution is 2.39. The molecular weight excluding hydrogens is 273 g/mol. The number of hydrogen-bond acceptors (Lipinski definition) is 2. The predicted octanol–water partition coefficient (Wildman–Crippen LogP) is 3.38. The van der Waals surface area contributed by atoms with Gasteiger partial charge in [0.25, 0.3) is 0 Å². The Hall–Kier alpha value is 0.290. The van der Waals surface area contributed by atoms with Gasteiger partial charge in [0.15, 0.2) is 6.10 Å². The van der Waals surface area contributed by atoms with Gasteiger partial charge in [-0.3, -0.25) is 0 Å². The van der Waals surface area contributed by atoms with Crippen LogP contribution >= 0.6 is 38.9 Å². The summed E-state index contributed by atoms with van der Waals surface area (Å²) >= 11 is 8.88. The summed E-state index contributed by atoms with van der Waals surface area (Å²) in [4.78, 5) is 0. The van der Waals surface area contributed by atoms with Crippen molar-refractivity contribution in [2.75, 3.05) is 0 Å². The highest BCUT2D eigenvalue weighted by molar-refractivity contribution is 9.10. The topological polar surface area (TPSA) is 20.2 Å². The van der Waals surface area contributed by atoms with Gasteiger partial charge in [-0.25, -0.2) is 0 Å². The number of aliphatic hydroxyl groups is 1. The van der Waals surface area contributed by atoms with Crippen LogP contribution in [0.2, 0.25) is 0 Å². The van der Waals surface area contributed by atoms with E-state index < -0.39 is 11.5 Å². The molecule has 0 radical (unpaired) electrons. The third-order valence-corrected chi connectivity index (χ3v) is 3.21. The molecular formula is C6H4BrClF2OS. The van der Waals surface area contributed by atoms with Gasteiger partial charge >= 0.3 is 5.38 Å². The molecule has 0 aromatic carbocycles. The van der Waals surface area contributed by atoms with E-state index in [0.29, 0.717) is 4.47 Å². The van der Waals surface area contributed by atoms with E-state index in [1.165, 1.54) is 16.7 Å². The molecule has 0 spiro atoms. The van der Waals surface area contributed by atoms with Crippen LogP contribution in [0.15, 0.2) is 15.2 Å². The smallest absolute Gasteiger partial charge is 0.351 e. The van der Waals surface area contributed by atoms with Crippen molar-refractivity contribution in [3.63, 3.8) is 0 Å². The molecule has 1 nitrogen and oxygen atoms in total. The van der Waals surface area contributed by atoms with Gasteiger partial charge in [-0.05, 0) is 32.9 Å². The second kappa shape index (κ2) is 3.57. The van der Waals surface area contributed by atoms with Gasteiger partial charge in [0.1, 0.15) is 0 Å². The second-order valence-corrected chi connectivity index (χ2v) is 4.22. The van der Waals surface area contributed by atoms with E-state index in [2.05, 4.69) is 27.5 Å². The molecule has 0 saturated heterocycles. The summed E-state index contributed by atoms with van der Waals surface area (Å²) < 4.78 is 25.2. The molecule has 1 atom stereocenters. The van der Waals surface area contributed by atoms with Gasteiger partial charge in [-0.15, -0.1) is 0 Å². The molecule has 0 fully saturated rings. The van der Waals surface area contributed by atoms with Crippen molar-refractivity contribution in [2.45, 2.75) is 11.5 Å². The third-order valence-electron chi connectivity index (χ3n) is 1.25. The summed E-state index contributed by atoms with van der Waals surface area (Å²) in [5.41, 5.74) is 0.111. The van der Waals surface area contributed by atoms with E-state index >= 15 is 0 Å². The van der Waals surface area contributed by atoms with Crippen molar-refractivity contribution in [1.82, 2.24) is 0 Å². The molecule has 0 aliphatic carbocycles. The Morgan fingerprint density at radius 3 is 2.50 bits per heavy atom. The van der Waals surface area contributed by atoms with E-state index in [4.69, 9.17) is 5.11 Å². The van der Waals surface area contributed by atoms with Crippen molar-refractivity contribution in [3.05, 3.63) is 20.8 Å². The maximum absolute atomic E-state index is 12.4. The molecule has 1 unspecified atom stereocenters. The lowest BCUT2D eigenvalue weighted by molar-refractivity contribution is -0.0426. The monoisotopic (exact) mass is 276 g/mol. The summed E-state index contributed by atoms with van der Waals surface area (Å²) in [6.07, 6.45) is -1.96. The summed E-state index contributed by atoms with van der Waals surface area (Å²) in [7, 11) is 0. The maximum Gasteiger partial charge on any atom is 0.351 e. The van der Waals surface area contributed by atoms with Crippen LogP contribution in [0.3, 0.4) is 0 Å². The SMILES string of the molecule is OC(c1cscc1Br)C(F)(F)Cl. The minimum absolute atomic E-state index is 0.111. The van der Waals surface area contributed by atoms with E-state index in [-0.39, 0.29) is 5.56 Å². The third kappa shape index (κ3) is 2.16. The van der Waals surface area contributed by atoms with Crippen LogP contribution in [0.1, 0.15) is 11.7 Å². The molecule has 0 aliphatic heterocycles. The zero-order chi connectivity index (χ0) is 9.35. The van der Waals surface area contributed by atoms with E-state index in [9.17, 15) is 8.78 Å². The molecule has 1 aromatic rings. The Bertz CT molecular complexity index is 273. The van der Waals surface area contributed by atoms with Crippen LogP contribution in [-0.2, 0) is 0 Å². The quantitative estimate of drug-likeness (QED) is 0.822. The van der Waals surface area contributed by atoms with Crippen LogP contribution in [0.25, 0.3) is 0 Å². The van der Waals surface area contributed by atoms with Gasteiger partial charge in [0.05, 0.1) is 0 Å². The van der Waals surface area contributed by atoms with Gasteiger partial charge in [-0.1, -0.05) is 0 Å². The first-order valence-electron chi connectivity index (χ1n) is 2.89. The molecule has 6 heteroatoms. The predicted molar refractivity (Wildman–Crippen MR) is 47.8 cm³/mol.